The Bertz CT molecular complexity index is 385. The monoisotopic (exact) mass is 338 g/mol. The minimum absolute atomic E-state index is 0.0833. The van der Waals surface area contributed by atoms with Crippen molar-refractivity contribution in [1.29, 1.82) is 0 Å². The number of hydrogen-bond acceptors (Lipinski definition) is 3. The van der Waals surface area contributed by atoms with Gasteiger partial charge in [0.25, 0.3) is 0 Å². The van der Waals surface area contributed by atoms with Crippen LogP contribution in [0, 0.1) is 0 Å². The molecule has 0 bridgehead atoms. The Morgan fingerprint density at radius 3 is 1.83 bits per heavy atom. The first-order valence-corrected chi connectivity index (χ1v) is 9.15. The Hall–Kier alpha value is -1.39. The van der Waals surface area contributed by atoms with E-state index >= 15 is 0 Å². The second-order valence-corrected chi connectivity index (χ2v) is 6.13. The van der Waals surface area contributed by atoms with Gasteiger partial charge in [0.2, 0.25) is 0 Å². The number of aliphatic hydroxyl groups excluding tert-OH is 2. The molecule has 0 saturated carbocycles. The summed E-state index contributed by atoms with van der Waals surface area (Å²) < 4.78 is 0. The third-order valence-corrected chi connectivity index (χ3v) is 3.74. The van der Waals surface area contributed by atoms with Crippen molar-refractivity contribution in [1.82, 2.24) is 0 Å². The predicted octanol–water partition coefficient (Wildman–Crippen LogP) is 4.38. The first-order chi connectivity index (χ1) is 11.6. The molecule has 0 fully saturated rings. The molecule has 0 aromatic carbocycles. The number of rotatable bonds is 15. The van der Waals surface area contributed by atoms with Crippen molar-refractivity contribution >= 4 is 5.97 Å². The summed E-state index contributed by atoms with van der Waals surface area (Å²) >= 11 is 0. The van der Waals surface area contributed by atoms with Gasteiger partial charge >= 0.3 is 5.97 Å². The topological polar surface area (TPSA) is 77.8 Å². The van der Waals surface area contributed by atoms with Crippen molar-refractivity contribution in [3.8, 4) is 0 Å². The van der Waals surface area contributed by atoms with Crippen molar-refractivity contribution in [3.05, 3.63) is 36.5 Å². The van der Waals surface area contributed by atoms with E-state index < -0.39 is 18.2 Å². The van der Waals surface area contributed by atoms with E-state index in [0.29, 0.717) is 12.8 Å². The van der Waals surface area contributed by atoms with Crippen molar-refractivity contribution in [2.24, 2.45) is 0 Å². The molecule has 0 aromatic heterocycles. The lowest BCUT2D eigenvalue weighted by atomic mass is 10.1. The summed E-state index contributed by atoms with van der Waals surface area (Å²) in [6, 6.07) is 0. The smallest absolute Gasteiger partial charge is 0.303 e. The zero-order chi connectivity index (χ0) is 18.0. The number of carboxylic acid groups (broad SMARTS) is 1. The number of unbranched alkanes of at least 4 members (excludes halogenated alkanes) is 5. The third-order valence-electron chi connectivity index (χ3n) is 3.74. The lowest BCUT2D eigenvalue weighted by Crippen LogP contribution is -2.03. The maximum absolute atomic E-state index is 10.4. The van der Waals surface area contributed by atoms with Gasteiger partial charge in [-0.3, -0.25) is 4.79 Å². The maximum atomic E-state index is 10.4. The zero-order valence-electron chi connectivity index (χ0n) is 14.9. The van der Waals surface area contributed by atoms with Gasteiger partial charge < -0.3 is 15.3 Å². The Labute approximate surface area is 146 Å². The van der Waals surface area contributed by atoms with E-state index in [1.54, 1.807) is 24.3 Å². The van der Waals surface area contributed by atoms with Crippen LogP contribution in [0.25, 0.3) is 0 Å². The summed E-state index contributed by atoms with van der Waals surface area (Å²) in [7, 11) is 0. The van der Waals surface area contributed by atoms with Crippen LogP contribution in [-0.2, 0) is 4.79 Å². The molecule has 0 amide bonds. The van der Waals surface area contributed by atoms with Gasteiger partial charge in [-0.05, 0) is 19.3 Å². The number of carboxylic acids is 1. The molecule has 0 heterocycles. The highest BCUT2D eigenvalue weighted by molar-refractivity contribution is 5.66. The molecule has 0 aliphatic rings. The minimum Gasteiger partial charge on any atom is -0.481 e. The molecule has 0 aliphatic carbocycles. The number of aliphatic carboxylic acids is 1. The fourth-order valence-corrected chi connectivity index (χ4v) is 2.30. The fourth-order valence-electron chi connectivity index (χ4n) is 2.30. The van der Waals surface area contributed by atoms with E-state index in [4.69, 9.17) is 5.11 Å². The van der Waals surface area contributed by atoms with Crippen LogP contribution in [0.5, 0.6) is 0 Å². The Kier molecular flexibility index (Phi) is 15.5. The normalized spacial score (nSPS) is 14.8. The summed E-state index contributed by atoms with van der Waals surface area (Å²) in [6.07, 6.45) is 18.7. The van der Waals surface area contributed by atoms with Gasteiger partial charge in [-0.2, -0.15) is 0 Å². The summed E-state index contributed by atoms with van der Waals surface area (Å²) in [5.41, 5.74) is 0. The molecule has 4 nitrogen and oxygen atoms in total. The Morgan fingerprint density at radius 2 is 1.29 bits per heavy atom. The van der Waals surface area contributed by atoms with E-state index in [0.717, 1.165) is 12.8 Å². The molecule has 0 rings (SSSR count). The van der Waals surface area contributed by atoms with Crippen LogP contribution in [0.4, 0.5) is 0 Å². The van der Waals surface area contributed by atoms with Gasteiger partial charge in [0.05, 0.1) is 12.2 Å². The van der Waals surface area contributed by atoms with Gasteiger partial charge in [0.15, 0.2) is 0 Å². The lowest BCUT2D eigenvalue weighted by molar-refractivity contribution is -0.137. The van der Waals surface area contributed by atoms with E-state index in [1.165, 1.54) is 32.1 Å². The molecule has 3 N–H and O–H groups in total. The second-order valence-electron chi connectivity index (χ2n) is 6.13. The van der Waals surface area contributed by atoms with Gasteiger partial charge in [-0.25, -0.2) is 0 Å². The maximum Gasteiger partial charge on any atom is 0.303 e. The van der Waals surface area contributed by atoms with Gasteiger partial charge in [-0.15, -0.1) is 0 Å². The van der Waals surface area contributed by atoms with E-state index in [9.17, 15) is 15.0 Å². The Morgan fingerprint density at radius 1 is 0.792 bits per heavy atom. The molecule has 138 valence electrons. The van der Waals surface area contributed by atoms with Crippen molar-refractivity contribution in [2.75, 3.05) is 0 Å². The fraction of sp³-hybridized carbons (Fsp3) is 0.650. The highest BCUT2D eigenvalue weighted by Crippen LogP contribution is 2.09. The quantitative estimate of drug-likeness (QED) is 0.306. The second kappa shape index (κ2) is 16.5. The number of carbonyl (C=O) groups is 1. The number of allylic oxidation sites excluding steroid dienone is 4. The molecule has 0 radical (unpaired) electrons. The van der Waals surface area contributed by atoms with Crippen LogP contribution in [-0.4, -0.2) is 33.5 Å². The highest BCUT2D eigenvalue weighted by atomic mass is 16.4. The molecular weight excluding hydrogens is 304 g/mol. The molecular formula is C20H34O4. The van der Waals surface area contributed by atoms with E-state index in [2.05, 4.69) is 6.92 Å². The first kappa shape index (κ1) is 22.6. The lowest BCUT2D eigenvalue weighted by Gasteiger charge is -2.04. The van der Waals surface area contributed by atoms with Crippen LogP contribution in [0.15, 0.2) is 36.5 Å². The van der Waals surface area contributed by atoms with E-state index in [-0.39, 0.29) is 6.42 Å². The Balaban J connectivity index is 3.70. The highest BCUT2D eigenvalue weighted by Gasteiger charge is 2.01. The van der Waals surface area contributed by atoms with Crippen LogP contribution >= 0.6 is 0 Å². The summed E-state index contributed by atoms with van der Waals surface area (Å²) in [5, 5.41) is 27.9. The molecule has 0 spiro atoms. The molecule has 24 heavy (non-hydrogen) atoms. The van der Waals surface area contributed by atoms with Crippen LogP contribution in [0.3, 0.4) is 0 Å². The molecule has 4 heteroatoms. The van der Waals surface area contributed by atoms with Gasteiger partial charge in [-0.1, -0.05) is 81.9 Å². The third kappa shape index (κ3) is 17.0. The molecule has 2 atom stereocenters. The van der Waals surface area contributed by atoms with Crippen molar-refractivity contribution in [3.63, 3.8) is 0 Å². The largest absolute Gasteiger partial charge is 0.481 e. The predicted molar refractivity (Wildman–Crippen MR) is 98.9 cm³/mol. The zero-order valence-corrected chi connectivity index (χ0v) is 14.9. The van der Waals surface area contributed by atoms with Gasteiger partial charge in [0.1, 0.15) is 0 Å². The SMILES string of the molecule is CCCCCCCCC(O)/C=C/C=C/C=C\C(O)CCCC(=O)O. The number of aliphatic hydroxyl groups is 2. The van der Waals surface area contributed by atoms with Crippen LogP contribution in [0.1, 0.15) is 71.1 Å². The average molecular weight is 338 g/mol. The van der Waals surface area contributed by atoms with Crippen LogP contribution in [0.2, 0.25) is 0 Å². The number of hydrogen-bond donors (Lipinski definition) is 3. The minimum atomic E-state index is -0.837. The molecule has 0 aromatic rings. The molecule has 0 aliphatic heterocycles. The van der Waals surface area contributed by atoms with Crippen LogP contribution < -0.4 is 0 Å². The standard InChI is InChI=1S/C20H34O4/c1-2-3-4-5-6-9-13-18(21)14-10-7-8-11-15-19(22)16-12-17-20(23)24/h7-8,10-11,14-15,18-19,21-22H,2-6,9,12-13,16-17H2,1H3,(H,23,24)/b8-7+,14-10+,15-11-. The summed E-state index contributed by atoms with van der Waals surface area (Å²) in [5.74, 6) is -0.837. The summed E-state index contributed by atoms with van der Waals surface area (Å²) in [6.45, 7) is 2.21. The first-order valence-electron chi connectivity index (χ1n) is 9.15. The average Bonchev–Trinajstić information content (AvgIpc) is 2.53. The van der Waals surface area contributed by atoms with Crippen molar-refractivity contribution in [2.45, 2.75) is 83.3 Å². The molecule has 0 saturated heterocycles. The van der Waals surface area contributed by atoms with E-state index in [1.807, 2.05) is 12.2 Å². The van der Waals surface area contributed by atoms with Crippen molar-refractivity contribution < 1.29 is 20.1 Å². The van der Waals surface area contributed by atoms with Gasteiger partial charge in [0, 0.05) is 6.42 Å². The molecule has 2 unspecified atom stereocenters. The summed E-state index contributed by atoms with van der Waals surface area (Å²) in [4.78, 5) is 10.4.